The van der Waals surface area contributed by atoms with E-state index in [1.807, 2.05) is 0 Å². The third kappa shape index (κ3) is 2.28. The van der Waals surface area contributed by atoms with Crippen molar-refractivity contribution in [1.82, 2.24) is 14.5 Å². The second kappa shape index (κ2) is 4.90. The van der Waals surface area contributed by atoms with Gasteiger partial charge in [0, 0.05) is 11.6 Å². The van der Waals surface area contributed by atoms with Crippen molar-refractivity contribution < 1.29 is 14.3 Å². The van der Waals surface area contributed by atoms with Crippen LogP contribution in [0.25, 0.3) is 16.2 Å². The molecule has 6 nitrogen and oxygen atoms in total. The lowest BCUT2D eigenvalue weighted by atomic mass is 10.2. The minimum atomic E-state index is -1.39. The van der Waals surface area contributed by atoms with Crippen LogP contribution >= 0.6 is 22.9 Å². The molecule has 0 saturated heterocycles. The maximum atomic E-state index is 13.1. The van der Waals surface area contributed by atoms with Gasteiger partial charge in [-0.25, -0.2) is 9.78 Å². The quantitative estimate of drug-likeness (QED) is 0.731. The molecule has 0 aliphatic carbocycles. The van der Waals surface area contributed by atoms with Crippen molar-refractivity contribution in [3.8, 4) is 5.13 Å². The fraction of sp³-hybridized carbons (Fsp3) is 0. The minimum absolute atomic E-state index is 0.0647. The van der Waals surface area contributed by atoms with E-state index in [9.17, 15) is 14.0 Å². The Kier molecular flexibility index (Phi) is 3.19. The molecule has 3 rings (SSSR count). The summed E-state index contributed by atoms with van der Waals surface area (Å²) in [5.41, 5.74) is -1.02. The van der Waals surface area contributed by atoms with Gasteiger partial charge in [-0.2, -0.15) is 9.37 Å². The van der Waals surface area contributed by atoms with Gasteiger partial charge in [-0.05, 0) is 12.1 Å². The highest BCUT2D eigenvalue weighted by Gasteiger charge is 2.18. The maximum Gasteiger partial charge on any atom is 0.341 e. The molecule has 3 aromatic rings. The average Bonchev–Trinajstić information content (AvgIpc) is 2.85. The fourth-order valence-electron chi connectivity index (χ4n) is 1.83. The van der Waals surface area contributed by atoms with Gasteiger partial charge in [0.05, 0.1) is 5.39 Å². The summed E-state index contributed by atoms with van der Waals surface area (Å²) < 4.78 is 14.3. The lowest BCUT2D eigenvalue weighted by Crippen LogP contribution is -2.19. The zero-order valence-corrected chi connectivity index (χ0v) is 11.7. The molecule has 21 heavy (non-hydrogen) atoms. The van der Waals surface area contributed by atoms with Crippen LogP contribution < -0.4 is 5.43 Å². The van der Waals surface area contributed by atoms with Crippen LogP contribution in [0.4, 0.5) is 4.39 Å². The zero-order valence-electron chi connectivity index (χ0n) is 10.1. The highest BCUT2D eigenvalue weighted by atomic mass is 35.5. The van der Waals surface area contributed by atoms with E-state index in [1.54, 1.807) is 0 Å². The van der Waals surface area contributed by atoms with Gasteiger partial charge < -0.3 is 5.11 Å². The Balaban J connectivity index is 2.46. The Hall–Kier alpha value is -2.32. The number of hydrogen-bond acceptors (Lipinski definition) is 5. The molecule has 0 unspecified atom stereocenters. The Morgan fingerprint density at radius 3 is 2.76 bits per heavy atom. The van der Waals surface area contributed by atoms with Crippen molar-refractivity contribution in [3.63, 3.8) is 0 Å². The van der Waals surface area contributed by atoms with E-state index in [4.69, 9.17) is 16.7 Å². The SMILES string of the molecule is O=C(O)c1cn(-c2nc(F)cs2)c2nc(Cl)ccc2c1=O. The van der Waals surface area contributed by atoms with Gasteiger partial charge >= 0.3 is 5.97 Å². The molecule has 0 aliphatic rings. The van der Waals surface area contributed by atoms with Crippen LogP contribution in [-0.4, -0.2) is 25.6 Å². The second-order valence-electron chi connectivity index (χ2n) is 4.00. The average molecular weight is 326 g/mol. The maximum absolute atomic E-state index is 13.1. The van der Waals surface area contributed by atoms with Gasteiger partial charge in [-0.15, -0.1) is 11.3 Å². The summed E-state index contributed by atoms with van der Waals surface area (Å²) in [4.78, 5) is 30.9. The van der Waals surface area contributed by atoms with Gasteiger partial charge in [0.2, 0.25) is 11.4 Å². The third-order valence-corrected chi connectivity index (χ3v) is 3.74. The van der Waals surface area contributed by atoms with Crippen molar-refractivity contribution in [1.29, 1.82) is 0 Å². The first-order valence-electron chi connectivity index (χ1n) is 5.54. The molecule has 1 N–H and O–H groups in total. The summed E-state index contributed by atoms with van der Waals surface area (Å²) in [6.07, 6.45) is 1.06. The predicted octanol–water partition coefficient (Wildman–Crippen LogP) is 2.33. The number of carbonyl (C=O) groups is 1. The minimum Gasteiger partial charge on any atom is -0.477 e. The molecule has 0 aliphatic heterocycles. The standard InChI is InChI=1S/C12H5ClFN3O3S/c13-7-2-1-5-9(18)6(11(19)20)3-17(10(5)15-7)12-16-8(14)4-21-12/h1-4H,(H,19,20). The molecule has 0 saturated carbocycles. The molecule has 106 valence electrons. The highest BCUT2D eigenvalue weighted by molar-refractivity contribution is 7.12. The van der Waals surface area contributed by atoms with Gasteiger partial charge in [0.15, 0.2) is 10.8 Å². The molecular weight excluding hydrogens is 321 g/mol. The number of carboxylic acid groups (broad SMARTS) is 1. The van der Waals surface area contributed by atoms with Crippen LogP contribution in [0.1, 0.15) is 10.4 Å². The Bertz CT molecular complexity index is 937. The van der Waals surface area contributed by atoms with Gasteiger partial charge in [0.25, 0.3) is 0 Å². The largest absolute Gasteiger partial charge is 0.477 e. The van der Waals surface area contributed by atoms with Gasteiger partial charge in [-0.1, -0.05) is 11.6 Å². The molecule has 0 amide bonds. The number of nitrogens with zero attached hydrogens (tertiary/aromatic N) is 3. The molecule has 0 radical (unpaired) electrons. The summed E-state index contributed by atoms with van der Waals surface area (Å²) in [5, 5.41) is 10.6. The van der Waals surface area contributed by atoms with Crippen LogP contribution in [0.3, 0.4) is 0 Å². The van der Waals surface area contributed by atoms with Gasteiger partial charge in [0.1, 0.15) is 10.7 Å². The van der Waals surface area contributed by atoms with Gasteiger partial charge in [-0.3, -0.25) is 9.36 Å². The van der Waals surface area contributed by atoms with Crippen molar-refractivity contribution in [2.45, 2.75) is 0 Å². The number of carboxylic acids is 1. The normalized spacial score (nSPS) is 11.0. The van der Waals surface area contributed by atoms with Crippen LogP contribution in [0.5, 0.6) is 0 Å². The number of aromatic nitrogens is 3. The first-order valence-corrected chi connectivity index (χ1v) is 6.80. The lowest BCUT2D eigenvalue weighted by molar-refractivity contribution is 0.0695. The Labute approximate surface area is 125 Å². The molecule has 0 fully saturated rings. The summed E-state index contributed by atoms with van der Waals surface area (Å²) in [5.74, 6) is -2.09. The number of aromatic carboxylic acids is 1. The summed E-state index contributed by atoms with van der Waals surface area (Å²) in [6, 6.07) is 2.75. The number of pyridine rings is 2. The molecule has 3 heterocycles. The van der Waals surface area contributed by atoms with E-state index in [-0.39, 0.29) is 21.3 Å². The topological polar surface area (TPSA) is 85.1 Å². The van der Waals surface area contributed by atoms with E-state index in [0.29, 0.717) is 0 Å². The van der Waals surface area contributed by atoms with Crippen molar-refractivity contribution in [3.05, 3.63) is 50.6 Å². The summed E-state index contributed by atoms with van der Waals surface area (Å²) in [6.45, 7) is 0. The first-order chi connectivity index (χ1) is 9.97. The molecule has 0 spiro atoms. The van der Waals surface area contributed by atoms with Crippen LogP contribution in [0.15, 0.2) is 28.5 Å². The van der Waals surface area contributed by atoms with E-state index in [1.165, 1.54) is 16.7 Å². The third-order valence-electron chi connectivity index (χ3n) is 2.72. The fourth-order valence-corrected chi connectivity index (χ4v) is 2.63. The molecule has 0 aromatic carbocycles. The number of fused-ring (bicyclic) bond motifs is 1. The highest BCUT2D eigenvalue weighted by Crippen LogP contribution is 2.20. The number of halogens is 2. The van der Waals surface area contributed by atoms with E-state index >= 15 is 0 Å². The monoisotopic (exact) mass is 325 g/mol. The summed E-state index contributed by atoms with van der Waals surface area (Å²) in [7, 11) is 0. The zero-order chi connectivity index (χ0) is 15.1. The van der Waals surface area contributed by atoms with Crippen LogP contribution in [0, 0.1) is 5.95 Å². The van der Waals surface area contributed by atoms with Crippen LogP contribution in [0.2, 0.25) is 5.15 Å². The van der Waals surface area contributed by atoms with Crippen molar-refractivity contribution >= 4 is 39.9 Å². The molecular formula is C12H5ClFN3O3S. The second-order valence-corrected chi connectivity index (χ2v) is 5.23. The molecule has 9 heteroatoms. The summed E-state index contributed by atoms with van der Waals surface area (Å²) >= 11 is 6.75. The number of hydrogen-bond donors (Lipinski definition) is 1. The van der Waals surface area contributed by atoms with Crippen molar-refractivity contribution in [2.24, 2.45) is 0 Å². The van der Waals surface area contributed by atoms with Crippen LogP contribution in [-0.2, 0) is 0 Å². The van der Waals surface area contributed by atoms with E-state index in [2.05, 4.69) is 9.97 Å². The predicted molar refractivity (Wildman–Crippen MR) is 74.9 cm³/mol. The van der Waals surface area contributed by atoms with Crippen molar-refractivity contribution in [2.75, 3.05) is 0 Å². The number of thiazole rings is 1. The Morgan fingerprint density at radius 1 is 1.38 bits per heavy atom. The van der Waals surface area contributed by atoms with E-state index < -0.39 is 22.9 Å². The molecule has 0 atom stereocenters. The van der Waals surface area contributed by atoms with E-state index in [0.717, 1.165) is 22.9 Å². The lowest BCUT2D eigenvalue weighted by Gasteiger charge is -2.08. The molecule has 3 aromatic heterocycles. The molecule has 0 bridgehead atoms. The Morgan fingerprint density at radius 2 is 2.14 bits per heavy atom. The number of rotatable bonds is 2. The first kappa shape index (κ1) is 13.7. The smallest absolute Gasteiger partial charge is 0.341 e.